The average molecular weight is 333 g/mol. The SMILES string of the molecule is CCC(CC)(CC(=O)OC)C1=NCCc2c1ccc(OC)c2OC. The quantitative estimate of drug-likeness (QED) is 0.718. The summed E-state index contributed by atoms with van der Waals surface area (Å²) < 4.78 is 15.9. The molecular weight excluding hydrogens is 306 g/mol. The Morgan fingerprint density at radius 3 is 2.42 bits per heavy atom. The Balaban J connectivity index is 2.56. The van der Waals surface area contributed by atoms with Gasteiger partial charge in [0, 0.05) is 28.8 Å². The monoisotopic (exact) mass is 333 g/mol. The van der Waals surface area contributed by atoms with Gasteiger partial charge < -0.3 is 14.2 Å². The zero-order valence-electron chi connectivity index (χ0n) is 15.3. The smallest absolute Gasteiger partial charge is 0.306 e. The summed E-state index contributed by atoms with van der Waals surface area (Å²) in [5.41, 5.74) is 2.84. The van der Waals surface area contributed by atoms with E-state index < -0.39 is 0 Å². The molecule has 0 fully saturated rings. The van der Waals surface area contributed by atoms with Crippen molar-refractivity contribution in [2.24, 2.45) is 10.4 Å². The minimum absolute atomic E-state index is 0.200. The molecule has 1 heterocycles. The van der Waals surface area contributed by atoms with E-state index in [9.17, 15) is 4.79 Å². The maximum atomic E-state index is 12.0. The number of nitrogens with zero attached hydrogens (tertiary/aromatic N) is 1. The van der Waals surface area contributed by atoms with Crippen LogP contribution in [0.2, 0.25) is 0 Å². The van der Waals surface area contributed by atoms with E-state index in [1.807, 2.05) is 12.1 Å². The molecule has 0 bridgehead atoms. The van der Waals surface area contributed by atoms with Crippen LogP contribution in [0.1, 0.15) is 44.2 Å². The van der Waals surface area contributed by atoms with E-state index in [4.69, 9.17) is 19.2 Å². The first kappa shape index (κ1) is 18.3. The predicted molar refractivity (Wildman–Crippen MR) is 94.3 cm³/mol. The molecule has 5 heteroatoms. The number of fused-ring (bicyclic) bond motifs is 1. The van der Waals surface area contributed by atoms with E-state index in [-0.39, 0.29) is 11.4 Å². The van der Waals surface area contributed by atoms with Gasteiger partial charge in [0.2, 0.25) is 0 Å². The number of ether oxygens (including phenoxy) is 3. The van der Waals surface area contributed by atoms with Gasteiger partial charge >= 0.3 is 5.97 Å². The number of carbonyl (C=O) groups is 1. The highest BCUT2D eigenvalue weighted by Gasteiger charge is 2.38. The molecule has 0 aromatic heterocycles. The van der Waals surface area contributed by atoms with E-state index in [0.717, 1.165) is 47.6 Å². The number of esters is 1. The highest BCUT2D eigenvalue weighted by atomic mass is 16.5. The van der Waals surface area contributed by atoms with Gasteiger partial charge in [0.15, 0.2) is 11.5 Å². The molecule has 24 heavy (non-hydrogen) atoms. The summed E-state index contributed by atoms with van der Waals surface area (Å²) in [4.78, 5) is 16.8. The van der Waals surface area contributed by atoms with Crippen LogP contribution in [0.3, 0.4) is 0 Å². The molecule has 2 rings (SSSR count). The minimum Gasteiger partial charge on any atom is -0.493 e. The van der Waals surface area contributed by atoms with E-state index in [1.165, 1.54) is 7.11 Å². The van der Waals surface area contributed by atoms with Crippen LogP contribution in [0.15, 0.2) is 17.1 Å². The Kier molecular flexibility index (Phi) is 5.86. The van der Waals surface area contributed by atoms with E-state index in [1.54, 1.807) is 14.2 Å². The summed E-state index contributed by atoms with van der Waals surface area (Å²) in [6.45, 7) is 4.89. The molecule has 0 radical (unpaired) electrons. The fourth-order valence-corrected chi connectivity index (χ4v) is 3.55. The van der Waals surface area contributed by atoms with Crippen molar-refractivity contribution in [3.8, 4) is 11.5 Å². The van der Waals surface area contributed by atoms with Crippen LogP contribution < -0.4 is 9.47 Å². The van der Waals surface area contributed by atoms with E-state index in [2.05, 4.69) is 13.8 Å². The molecule has 132 valence electrons. The van der Waals surface area contributed by atoms with Crippen molar-refractivity contribution in [1.29, 1.82) is 0 Å². The Morgan fingerprint density at radius 1 is 1.17 bits per heavy atom. The first-order chi connectivity index (χ1) is 11.6. The lowest BCUT2D eigenvalue weighted by Crippen LogP contribution is -2.36. The molecule has 1 aliphatic rings. The molecule has 1 aliphatic heterocycles. The van der Waals surface area contributed by atoms with Crippen molar-refractivity contribution >= 4 is 11.7 Å². The maximum Gasteiger partial charge on any atom is 0.306 e. The van der Waals surface area contributed by atoms with Gasteiger partial charge in [0.25, 0.3) is 0 Å². The molecular formula is C19H27NO4. The zero-order chi connectivity index (χ0) is 17.7. The largest absolute Gasteiger partial charge is 0.493 e. The highest BCUT2D eigenvalue weighted by Crippen LogP contribution is 2.42. The molecule has 5 nitrogen and oxygen atoms in total. The van der Waals surface area contributed by atoms with E-state index in [0.29, 0.717) is 13.0 Å². The predicted octanol–water partition coefficient (Wildman–Crippen LogP) is 3.42. The summed E-state index contributed by atoms with van der Waals surface area (Å²) in [5.74, 6) is 1.29. The summed E-state index contributed by atoms with van der Waals surface area (Å²) in [6.07, 6.45) is 2.79. The van der Waals surface area contributed by atoms with Crippen LogP contribution in [-0.2, 0) is 16.0 Å². The van der Waals surface area contributed by atoms with E-state index >= 15 is 0 Å². The molecule has 0 N–H and O–H groups in total. The molecule has 0 amide bonds. The van der Waals surface area contributed by atoms with Crippen molar-refractivity contribution in [2.45, 2.75) is 39.5 Å². The summed E-state index contributed by atoms with van der Waals surface area (Å²) >= 11 is 0. The van der Waals surface area contributed by atoms with Crippen LogP contribution in [0.5, 0.6) is 11.5 Å². The van der Waals surface area contributed by atoms with Gasteiger partial charge in [0.1, 0.15) is 0 Å². The number of hydrogen-bond acceptors (Lipinski definition) is 5. The molecule has 1 aromatic rings. The third-order valence-corrected chi connectivity index (χ3v) is 5.10. The lowest BCUT2D eigenvalue weighted by atomic mass is 9.71. The van der Waals surface area contributed by atoms with Gasteiger partial charge in [-0.05, 0) is 31.4 Å². The Morgan fingerprint density at radius 2 is 1.88 bits per heavy atom. The van der Waals surface area contributed by atoms with Crippen LogP contribution in [0.25, 0.3) is 0 Å². The lowest BCUT2D eigenvalue weighted by Gasteiger charge is -2.35. The normalized spacial score (nSPS) is 13.8. The number of aliphatic imine (C=N–C) groups is 1. The van der Waals surface area contributed by atoms with Crippen LogP contribution >= 0.6 is 0 Å². The second-order valence-corrected chi connectivity index (χ2v) is 6.05. The number of carbonyl (C=O) groups excluding carboxylic acids is 1. The topological polar surface area (TPSA) is 57.1 Å². The van der Waals surface area contributed by atoms with Crippen LogP contribution in [0, 0.1) is 5.41 Å². The third kappa shape index (κ3) is 3.12. The number of benzene rings is 1. The first-order valence-corrected chi connectivity index (χ1v) is 8.42. The van der Waals surface area contributed by atoms with Crippen LogP contribution in [-0.4, -0.2) is 39.6 Å². The van der Waals surface area contributed by atoms with Crippen molar-refractivity contribution in [3.05, 3.63) is 23.3 Å². The van der Waals surface area contributed by atoms with Gasteiger partial charge in [-0.25, -0.2) is 0 Å². The summed E-state index contributed by atoms with van der Waals surface area (Å²) in [7, 11) is 4.73. The summed E-state index contributed by atoms with van der Waals surface area (Å²) in [6, 6.07) is 3.94. The fraction of sp³-hybridized carbons (Fsp3) is 0.579. The van der Waals surface area contributed by atoms with Gasteiger partial charge in [-0.2, -0.15) is 0 Å². The molecule has 0 saturated carbocycles. The van der Waals surface area contributed by atoms with Gasteiger partial charge in [0.05, 0.1) is 27.8 Å². The lowest BCUT2D eigenvalue weighted by molar-refractivity contribution is -0.142. The Bertz CT molecular complexity index is 632. The second kappa shape index (κ2) is 7.69. The second-order valence-electron chi connectivity index (χ2n) is 6.05. The standard InChI is InChI=1S/C19H27NO4/c1-6-19(7-2,12-16(21)23-4)18-14-8-9-15(22-3)17(24-5)13(14)10-11-20-18/h8-9H,6-7,10-12H2,1-5H3. The Labute approximate surface area is 144 Å². The molecule has 1 aromatic carbocycles. The number of rotatable bonds is 7. The molecule has 0 unspecified atom stereocenters. The highest BCUT2D eigenvalue weighted by molar-refractivity contribution is 6.08. The zero-order valence-corrected chi connectivity index (χ0v) is 15.3. The van der Waals surface area contributed by atoms with Gasteiger partial charge in [-0.3, -0.25) is 9.79 Å². The van der Waals surface area contributed by atoms with Crippen molar-refractivity contribution in [3.63, 3.8) is 0 Å². The fourth-order valence-electron chi connectivity index (χ4n) is 3.55. The molecule has 0 saturated heterocycles. The first-order valence-electron chi connectivity index (χ1n) is 8.42. The average Bonchev–Trinajstić information content (AvgIpc) is 2.64. The van der Waals surface area contributed by atoms with Crippen molar-refractivity contribution in [1.82, 2.24) is 0 Å². The Hall–Kier alpha value is -2.04. The van der Waals surface area contributed by atoms with Gasteiger partial charge in [-0.15, -0.1) is 0 Å². The minimum atomic E-state index is -0.318. The van der Waals surface area contributed by atoms with Crippen LogP contribution in [0.4, 0.5) is 0 Å². The maximum absolute atomic E-state index is 12.0. The molecule has 0 aliphatic carbocycles. The summed E-state index contributed by atoms with van der Waals surface area (Å²) in [5, 5.41) is 0. The molecule has 0 spiro atoms. The third-order valence-electron chi connectivity index (χ3n) is 5.10. The number of hydrogen-bond donors (Lipinski definition) is 0. The van der Waals surface area contributed by atoms with Crippen molar-refractivity contribution in [2.75, 3.05) is 27.9 Å². The van der Waals surface area contributed by atoms with Gasteiger partial charge in [-0.1, -0.05) is 13.8 Å². The van der Waals surface area contributed by atoms with Crippen molar-refractivity contribution < 1.29 is 19.0 Å². The molecule has 0 atom stereocenters. The number of methoxy groups -OCH3 is 3.